The van der Waals surface area contributed by atoms with Crippen LogP contribution in [0.4, 0.5) is 0 Å². The second-order valence-electron chi connectivity index (χ2n) is 8.53. The van der Waals surface area contributed by atoms with Gasteiger partial charge in [-0.1, -0.05) is 27.7 Å². The van der Waals surface area contributed by atoms with Crippen molar-refractivity contribution in [1.29, 1.82) is 0 Å². The Morgan fingerprint density at radius 3 is 2.37 bits per heavy atom. The van der Waals surface area contributed by atoms with E-state index in [0.717, 1.165) is 0 Å². The average molecular weight is 416 g/mol. The normalized spacial score (nSPS) is 20.9. The second-order valence-corrected chi connectivity index (χ2v) is 8.53. The molecule has 7 nitrogen and oxygen atoms in total. The van der Waals surface area contributed by atoms with Gasteiger partial charge in [0.2, 0.25) is 0 Å². The van der Waals surface area contributed by atoms with Crippen LogP contribution in [0.1, 0.15) is 59.6 Å². The number of ether oxygens (including phenoxy) is 3. The first-order valence-corrected chi connectivity index (χ1v) is 10.2. The summed E-state index contributed by atoms with van der Waals surface area (Å²) in [6.45, 7) is 10.6. The fourth-order valence-corrected chi connectivity index (χ4v) is 3.35. The summed E-state index contributed by atoms with van der Waals surface area (Å²) in [5.74, 6) is -1.17. The minimum atomic E-state index is -0.985. The Morgan fingerprint density at radius 2 is 1.73 bits per heavy atom. The Balaban J connectivity index is 2.20. The molecule has 3 unspecified atom stereocenters. The molecule has 1 aromatic heterocycles. The minimum absolute atomic E-state index is 0.253. The SMILES string of the molecule is CCC(C)C(=O)OC1c2c(ccc3ccc(=O)oc23)OC(C)(C)C1OC(=O)C(C)C. The van der Waals surface area contributed by atoms with Crippen molar-refractivity contribution in [2.75, 3.05) is 0 Å². The summed E-state index contributed by atoms with van der Waals surface area (Å²) < 4.78 is 23.2. The van der Waals surface area contributed by atoms with E-state index >= 15 is 0 Å². The Kier molecular flexibility index (Phi) is 5.92. The second kappa shape index (κ2) is 8.13. The first kappa shape index (κ1) is 21.9. The fourth-order valence-electron chi connectivity index (χ4n) is 3.35. The first-order chi connectivity index (χ1) is 14.0. The van der Waals surface area contributed by atoms with E-state index < -0.39 is 35.4 Å². The highest BCUT2D eigenvalue weighted by atomic mass is 16.6. The number of carbonyl (C=O) groups excluding carboxylic acids is 2. The van der Waals surface area contributed by atoms with E-state index in [-0.39, 0.29) is 17.4 Å². The van der Waals surface area contributed by atoms with Crippen LogP contribution >= 0.6 is 0 Å². The summed E-state index contributed by atoms with van der Waals surface area (Å²) in [4.78, 5) is 37.1. The van der Waals surface area contributed by atoms with Gasteiger partial charge in [-0.15, -0.1) is 0 Å². The van der Waals surface area contributed by atoms with Crippen LogP contribution in [0.2, 0.25) is 0 Å². The molecule has 3 rings (SSSR count). The topological polar surface area (TPSA) is 92.0 Å². The maximum absolute atomic E-state index is 12.7. The van der Waals surface area contributed by atoms with Crippen molar-refractivity contribution in [1.82, 2.24) is 0 Å². The highest BCUT2D eigenvalue weighted by Crippen LogP contribution is 2.46. The van der Waals surface area contributed by atoms with E-state index in [4.69, 9.17) is 18.6 Å². The molecule has 0 aliphatic carbocycles. The standard InChI is InChI=1S/C23H28O7/c1-7-13(4)22(26)28-19-17-15(10-8-14-9-11-16(24)27-18(14)17)30-23(5,6)20(19)29-21(25)12(2)3/h8-13,19-20H,7H2,1-6H3. The van der Waals surface area contributed by atoms with Gasteiger partial charge < -0.3 is 18.6 Å². The summed E-state index contributed by atoms with van der Waals surface area (Å²) >= 11 is 0. The molecule has 0 radical (unpaired) electrons. The van der Waals surface area contributed by atoms with Crippen LogP contribution in [0.3, 0.4) is 0 Å². The summed E-state index contributed by atoms with van der Waals surface area (Å²) in [6.07, 6.45) is -1.31. The van der Waals surface area contributed by atoms with Gasteiger partial charge in [-0.3, -0.25) is 9.59 Å². The monoisotopic (exact) mass is 416 g/mol. The minimum Gasteiger partial charge on any atom is -0.483 e. The number of esters is 2. The van der Waals surface area contributed by atoms with Crippen LogP contribution in [-0.4, -0.2) is 23.6 Å². The number of hydrogen-bond acceptors (Lipinski definition) is 7. The number of carbonyl (C=O) groups is 2. The van der Waals surface area contributed by atoms with Gasteiger partial charge in [0, 0.05) is 11.5 Å². The molecule has 0 bridgehead atoms. The lowest BCUT2D eigenvalue weighted by molar-refractivity contribution is -0.194. The molecule has 1 aliphatic heterocycles. The lowest BCUT2D eigenvalue weighted by atomic mass is 9.87. The Labute approximate surface area is 175 Å². The largest absolute Gasteiger partial charge is 0.483 e. The van der Waals surface area contributed by atoms with Gasteiger partial charge in [-0.25, -0.2) is 4.79 Å². The summed E-state index contributed by atoms with van der Waals surface area (Å²) in [7, 11) is 0. The van der Waals surface area contributed by atoms with E-state index in [9.17, 15) is 14.4 Å². The third-order valence-electron chi connectivity index (χ3n) is 5.38. The van der Waals surface area contributed by atoms with Gasteiger partial charge in [0.15, 0.2) is 12.2 Å². The van der Waals surface area contributed by atoms with Crippen LogP contribution in [0.25, 0.3) is 11.0 Å². The molecular formula is C23H28O7. The Morgan fingerprint density at radius 1 is 1.07 bits per heavy atom. The Bertz CT molecular complexity index is 1020. The van der Waals surface area contributed by atoms with Crippen molar-refractivity contribution < 1.29 is 28.2 Å². The zero-order valence-corrected chi connectivity index (χ0v) is 18.2. The molecule has 0 saturated heterocycles. The van der Waals surface area contributed by atoms with Gasteiger partial charge in [0.05, 0.1) is 17.4 Å². The average Bonchev–Trinajstić information content (AvgIpc) is 2.68. The number of fused-ring (bicyclic) bond motifs is 3. The van der Waals surface area contributed by atoms with Crippen molar-refractivity contribution in [2.24, 2.45) is 11.8 Å². The van der Waals surface area contributed by atoms with Crippen molar-refractivity contribution in [2.45, 2.75) is 65.8 Å². The number of rotatable bonds is 5. The Hall–Kier alpha value is -2.83. The first-order valence-electron chi connectivity index (χ1n) is 10.2. The zero-order valence-electron chi connectivity index (χ0n) is 18.2. The fraction of sp³-hybridized carbons (Fsp3) is 0.522. The predicted octanol–water partition coefficient (Wildman–Crippen LogP) is 4.16. The van der Waals surface area contributed by atoms with Crippen LogP contribution in [0.5, 0.6) is 5.75 Å². The molecule has 1 aromatic carbocycles. The van der Waals surface area contributed by atoms with Gasteiger partial charge in [0.25, 0.3) is 0 Å². The summed E-state index contributed by atoms with van der Waals surface area (Å²) in [5, 5.41) is 0.648. The molecule has 2 aromatic rings. The van der Waals surface area contributed by atoms with Crippen molar-refractivity contribution in [3.05, 3.63) is 40.2 Å². The van der Waals surface area contributed by atoms with Crippen molar-refractivity contribution >= 4 is 22.9 Å². The molecule has 30 heavy (non-hydrogen) atoms. The van der Waals surface area contributed by atoms with E-state index in [1.54, 1.807) is 52.8 Å². The maximum atomic E-state index is 12.7. The molecular weight excluding hydrogens is 388 g/mol. The van der Waals surface area contributed by atoms with Gasteiger partial charge in [0.1, 0.15) is 16.9 Å². The molecule has 0 N–H and O–H groups in total. The third kappa shape index (κ3) is 4.06. The maximum Gasteiger partial charge on any atom is 0.336 e. The van der Waals surface area contributed by atoms with E-state index in [2.05, 4.69) is 0 Å². The molecule has 7 heteroatoms. The lowest BCUT2D eigenvalue weighted by Crippen LogP contribution is -2.52. The van der Waals surface area contributed by atoms with E-state index in [0.29, 0.717) is 23.1 Å². The number of benzene rings is 1. The van der Waals surface area contributed by atoms with Gasteiger partial charge in [-0.2, -0.15) is 0 Å². The van der Waals surface area contributed by atoms with Crippen molar-refractivity contribution in [3.63, 3.8) is 0 Å². The zero-order chi connectivity index (χ0) is 22.2. The van der Waals surface area contributed by atoms with Crippen LogP contribution in [0, 0.1) is 11.8 Å². The molecule has 162 valence electrons. The predicted molar refractivity (Wildman–Crippen MR) is 110 cm³/mol. The van der Waals surface area contributed by atoms with Crippen molar-refractivity contribution in [3.8, 4) is 5.75 Å². The molecule has 0 fully saturated rings. The van der Waals surface area contributed by atoms with E-state index in [1.165, 1.54) is 6.07 Å². The third-order valence-corrected chi connectivity index (χ3v) is 5.38. The van der Waals surface area contributed by atoms with Gasteiger partial charge in [-0.05, 0) is 38.5 Å². The number of hydrogen-bond donors (Lipinski definition) is 0. The summed E-state index contributed by atoms with van der Waals surface area (Å²) in [6, 6.07) is 6.45. The highest BCUT2D eigenvalue weighted by molar-refractivity contribution is 5.84. The molecule has 2 heterocycles. The molecule has 1 aliphatic rings. The molecule has 0 amide bonds. The van der Waals surface area contributed by atoms with Crippen LogP contribution in [0.15, 0.2) is 33.5 Å². The highest BCUT2D eigenvalue weighted by Gasteiger charge is 2.50. The van der Waals surface area contributed by atoms with Crippen LogP contribution < -0.4 is 10.4 Å². The molecule has 0 saturated carbocycles. The quantitative estimate of drug-likeness (QED) is 0.534. The molecule has 3 atom stereocenters. The van der Waals surface area contributed by atoms with Crippen LogP contribution in [-0.2, 0) is 19.1 Å². The van der Waals surface area contributed by atoms with E-state index in [1.807, 2.05) is 6.92 Å². The summed E-state index contributed by atoms with van der Waals surface area (Å²) in [5.41, 5.74) is -0.880. The molecule has 0 spiro atoms. The van der Waals surface area contributed by atoms with Gasteiger partial charge >= 0.3 is 17.6 Å². The lowest BCUT2D eigenvalue weighted by Gasteiger charge is -2.43. The smallest absolute Gasteiger partial charge is 0.336 e.